The highest BCUT2D eigenvalue weighted by atomic mass is 16.3. The summed E-state index contributed by atoms with van der Waals surface area (Å²) in [6, 6.07) is 5.80. The molecule has 0 aromatic heterocycles. The molecule has 21 heavy (non-hydrogen) atoms. The number of hydrogen-bond acceptors (Lipinski definition) is 3. The first-order chi connectivity index (χ1) is 10.0. The molecule has 3 nitrogen and oxygen atoms in total. The first-order valence-corrected chi connectivity index (χ1v) is 8.18. The Kier molecular flexibility index (Phi) is 2.89. The molecule has 2 fully saturated rings. The van der Waals surface area contributed by atoms with Crippen molar-refractivity contribution in [3.8, 4) is 5.75 Å². The zero-order valence-electron chi connectivity index (χ0n) is 12.5. The van der Waals surface area contributed by atoms with E-state index in [-0.39, 0.29) is 5.41 Å². The minimum absolute atomic E-state index is 0.116. The van der Waals surface area contributed by atoms with E-state index in [9.17, 15) is 15.3 Å². The van der Waals surface area contributed by atoms with Crippen LogP contribution in [0, 0.1) is 17.3 Å². The number of aliphatic hydroxyl groups excluding tert-OH is 2. The molecule has 3 N–H and O–H groups in total. The van der Waals surface area contributed by atoms with Gasteiger partial charge in [0.1, 0.15) is 5.75 Å². The van der Waals surface area contributed by atoms with Gasteiger partial charge in [0.05, 0.1) is 12.2 Å². The Morgan fingerprint density at radius 1 is 1.19 bits per heavy atom. The van der Waals surface area contributed by atoms with Crippen LogP contribution in [0.25, 0.3) is 0 Å². The van der Waals surface area contributed by atoms with E-state index in [1.54, 1.807) is 6.07 Å². The lowest BCUT2D eigenvalue weighted by Crippen LogP contribution is -2.44. The molecule has 3 aliphatic carbocycles. The number of aromatic hydroxyl groups is 1. The van der Waals surface area contributed by atoms with E-state index < -0.39 is 12.2 Å². The van der Waals surface area contributed by atoms with Crippen molar-refractivity contribution in [1.82, 2.24) is 0 Å². The quantitative estimate of drug-likeness (QED) is 0.687. The van der Waals surface area contributed by atoms with Gasteiger partial charge in [-0.15, -0.1) is 0 Å². The Hall–Kier alpha value is -1.06. The van der Waals surface area contributed by atoms with Crippen LogP contribution in [0.15, 0.2) is 18.2 Å². The lowest BCUT2D eigenvalue weighted by molar-refractivity contribution is -0.0505. The first-order valence-electron chi connectivity index (χ1n) is 8.18. The average molecular weight is 288 g/mol. The number of benzene rings is 1. The molecule has 3 heteroatoms. The van der Waals surface area contributed by atoms with Gasteiger partial charge in [0, 0.05) is 0 Å². The summed E-state index contributed by atoms with van der Waals surface area (Å²) in [4.78, 5) is 0. The molecular weight excluding hydrogens is 264 g/mol. The molecular formula is C18H24O3. The maximum atomic E-state index is 10.4. The van der Waals surface area contributed by atoms with E-state index in [1.807, 2.05) is 6.07 Å². The molecule has 6 atom stereocenters. The number of phenols is 1. The Morgan fingerprint density at radius 2 is 2.00 bits per heavy atom. The molecule has 0 unspecified atom stereocenters. The smallest absolute Gasteiger partial charge is 0.115 e. The van der Waals surface area contributed by atoms with Crippen LogP contribution in [0.2, 0.25) is 0 Å². The molecule has 0 radical (unpaired) electrons. The van der Waals surface area contributed by atoms with Gasteiger partial charge >= 0.3 is 0 Å². The largest absolute Gasteiger partial charge is 0.508 e. The average Bonchev–Trinajstić information content (AvgIpc) is 2.70. The van der Waals surface area contributed by atoms with Gasteiger partial charge in [-0.1, -0.05) is 13.0 Å². The summed E-state index contributed by atoms with van der Waals surface area (Å²) >= 11 is 0. The predicted molar refractivity (Wildman–Crippen MR) is 80.1 cm³/mol. The fourth-order valence-electron chi connectivity index (χ4n) is 5.56. The Morgan fingerprint density at radius 3 is 2.81 bits per heavy atom. The lowest BCUT2D eigenvalue weighted by atomic mass is 9.55. The van der Waals surface area contributed by atoms with Crippen molar-refractivity contribution in [2.75, 3.05) is 0 Å². The van der Waals surface area contributed by atoms with Crippen LogP contribution < -0.4 is 0 Å². The topological polar surface area (TPSA) is 60.7 Å². The molecule has 1 aromatic rings. The monoisotopic (exact) mass is 288 g/mol. The molecule has 0 bridgehead atoms. The number of aryl methyl sites for hydroxylation is 1. The molecule has 0 amide bonds. The van der Waals surface area contributed by atoms with Gasteiger partial charge in [0.2, 0.25) is 0 Å². The summed E-state index contributed by atoms with van der Waals surface area (Å²) < 4.78 is 0. The van der Waals surface area contributed by atoms with Crippen LogP contribution in [-0.2, 0) is 6.42 Å². The Balaban J connectivity index is 1.71. The number of hydrogen-bond donors (Lipinski definition) is 3. The summed E-state index contributed by atoms with van der Waals surface area (Å²) in [5, 5.41) is 30.2. The normalized spacial score (nSPS) is 44.8. The number of aliphatic hydroxyl groups is 2. The van der Waals surface area contributed by atoms with Crippen LogP contribution in [0.1, 0.15) is 49.7 Å². The van der Waals surface area contributed by atoms with Crippen molar-refractivity contribution in [2.45, 2.75) is 57.2 Å². The second-order valence-electron chi connectivity index (χ2n) is 7.59. The minimum atomic E-state index is -0.565. The zero-order chi connectivity index (χ0) is 14.8. The fourth-order valence-corrected chi connectivity index (χ4v) is 5.56. The van der Waals surface area contributed by atoms with E-state index >= 15 is 0 Å². The molecule has 3 aliphatic rings. The standard InChI is InChI=1S/C18H24O3/c1-18-7-6-13-12-5-3-11(19)8-10(12)2-4-14(13)15(18)9-16(20)17(18)21/h3,5,8,13-17,19-21H,2,4,6-7,9H2,1H3/t13-,14+,15+,16-,17+,18+/m1/s1. The molecule has 114 valence electrons. The van der Waals surface area contributed by atoms with Gasteiger partial charge < -0.3 is 15.3 Å². The van der Waals surface area contributed by atoms with Gasteiger partial charge in [0.25, 0.3) is 0 Å². The van der Waals surface area contributed by atoms with Crippen molar-refractivity contribution in [3.05, 3.63) is 29.3 Å². The van der Waals surface area contributed by atoms with E-state index in [2.05, 4.69) is 13.0 Å². The first kappa shape index (κ1) is 13.6. The van der Waals surface area contributed by atoms with E-state index in [4.69, 9.17) is 0 Å². The summed E-state index contributed by atoms with van der Waals surface area (Å²) in [5.74, 6) is 1.88. The zero-order valence-corrected chi connectivity index (χ0v) is 12.5. The van der Waals surface area contributed by atoms with Crippen molar-refractivity contribution in [1.29, 1.82) is 0 Å². The molecule has 0 saturated heterocycles. The summed E-state index contributed by atoms with van der Waals surface area (Å²) in [5.41, 5.74) is 2.57. The highest BCUT2D eigenvalue weighted by molar-refractivity contribution is 5.40. The molecule has 2 saturated carbocycles. The Labute approximate surface area is 125 Å². The summed E-state index contributed by atoms with van der Waals surface area (Å²) in [6.07, 6.45) is 3.80. The maximum Gasteiger partial charge on any atom is 0.115 e. The highest BCUT2D eigenvalue weighted by Crippen LogP contribution is 2.60. The van der Waals surface area contributed by atoms with Crippen LogP contribution in [-0.4, -0.2) is 27.5 Å². The second kappa shape index (κ2) is 4.47. The van der Waals surface area contributed by atoms with E-state index in [0.717, 1.165) is 32.1 Å². The van der Waals surface area contributed by atoms with Crippen LogP contribution in [0.3, 0.4) is 0 Å². The SMILES string of the molecule is C[C@]12CC[C@@H]3c4ccc(O)cc4CC[C@@H]3[C@@H]1C[C@@H](O)[C@@H]2O. The number of fused-ring (bicyclic) bond motifs is 5. The molecule has 0 heterocycles. The Bertz CT molecular complexity index is 570. The van der Waals surface area contributed by atoms with Crippen LogP contribution in [0.5, 0.6) is 5.75 Å². The molecule has 4 rings (SSSR count). The van der Waals surface area contributed by atoms with Crippen molar-refractivity contribution in [3.63, 3.8) is 0 Å². The van der Waals surface area contributed by atoms with Gasteiger partial charge in [-0.05, 0) is 78.5 Å². The van der Waals surface area contributed by atoms with Crippen molar-refractivity contribution >= 4 is 0 Å². The van der Waals surface area contributed by atoms with Crippen LogP contribution in [0.4, 0.5) is 0 Å². The number of rotatable bonds is 0. The predicted octanol–water partition coefficient (Wildman–Crippen LogP) is 2.58. The van der Waals surface area contributed by atoms with E-state index in [0.29, 0.717) is 23.5 Å². The molecule has 0 spiro atoms. The minimum Gasteiger partial charge on any atom is -0.508 e. The van der Waals surface area contributed by atoms with Gasteiger partial charge in [-0.3, -0.25) is 0 Å². The third-order valence-electron chi connectivity index (χ3n) is 6.68. The lowest BCUT2D eigenvalue weighted by Gasteiger charge is -2.49. The van der Waals surface area contributed by atoms with Gasteiger partial charge in [-0.2, -0.15) is 0 Å². The summed E-state index contributed by atoms with van der Waals surface area (Å²) in [6.45, 7) is 2.17. The van der Waals surface area contributed by atoms with E-state index in [1.165, 1.54) is 11.1 Å². The van der Waals surface area contributed by atoms with Gasteiger partial charge in [-0.25, -0.2) is 0 Å². The maximum absolute atomic E-state index is 10.4. The third kappa shape index (κ3) is 1.80. The molecule has 1 aromatic carbocycles. The summed E-state index contributed by atoms with van der Waals surface area (Å²) in [7, 11) is 0. The fraction of sp³-hybridized carbons (Fsp3) is 0.667. The third-order valence-corrected chi connectivity index (χ3v) is 6.68. The second-order valence-corrected chi connectivity index (χ2v) is 7.59. The highest BCUT2D eigenvalue weighted by Gasteiger charge is 2.57. The van der Waals surface area contributed by atoms with Crippen molar-refractivity contribution in [2.24, 2.45) is 17.3 Å². The number of phenolic OH excluding ortho intramolecular Hbond substituents is 1. The molecule has 0 aliphatic heterocycles. The van der Waals surface area contributed by atoms with Crippen molar-refractivity contribution < 1.29 is 15.3 Å². The van der Waals surface area contributed by atoms with Crippen LogP contribution >= 0.6 is 0 Å². The van der Waals surface area contributed by atoms with Gasteiger partial charge in [0.15, 0.2) is 0 Å².